The van der Waals surface area contributed by atoms with Gasteiger partial charge in [0.2, 0.25) is 0 Å². The van der Waals surface area contributed by atoms with Gasteiger partial charge in [-0.15, -0.1) is 11.8 Å². The third-order valence-electron chi connectivity index (χ3n) is 2.11. The molecule has 0 aromatic heterocycles. The number of ether oxygens (including phenoxy) is 1. The van der Waals surface area contributed by atoms with E-state index in [1.165, 1.54) is 0 Å². The summed E-state index contributed by atoms with van der Waals surface area (Å²) in [5.74, 6) is 6.84. The van der Waals surface area contributed by atoms with E-state index in [0.29, 0.717) is 0 Å². The van der Waals surface area contributed by atoms with Crippen LogP contribution < -0.4 is 10.1 Å². The first-order chi connectivity index (χ1) is 7.93. The Labute approximate surface area is 98.0 Å². The molecule has 0 amide bonds. The topological polar surface area (TPSA) is 21.3 Å². The minimum atomic E-state index is 0.760. The van der Waals surface area contributed by atoms with Crippen molar-refractivity contribution in [1.29, 1.82) is 0 Å². The van der Waals surface area contributed by atoms with Crippen LogP contribution in [0.25, 0.3) is 0 Å². The van der Waals surface area contributed by atoms with Crippen molar-refractivity contribution in [3.8, 4) is 17.6 Å². The standard InChI is InChI=1S/C14H19NO/c1-2-3-7-11-15-12-8-13-16-14-9-5-4-6-10-14/h4-6,9-10,15H,7-8,11-13H2,1H3. The quantitative estimate of drug-likeness (QED) is 0.559. The van der Waals surface area contributed by atoms with Gasteiger partial charge in [-0.25, -0.2) is 0 Å². The summed E-state index contributed by atoms with van der Waals surface area (Å²) in [4.78, 5) is 0. The number of rotatable bonds is 7. The van der Waals surface area contributed by atoms with Gasteiger partial charge in [0.25, 0.3) is 0 Å². The molecule has 0 atom stereocenters. The van der Waals surface area contributed by atoms with Gasteiger partial charge in [0.1, 0.15) is 5.75 Å². The Bertz CT molecular complexity index is 324. The molecule has 2 heteroatoms. The minimum absolute atomic E-state index is 0.760. The van der Waals surface area contributed by atoms with Crippen LogP contribution in [0.5, 0.6) is 5.75 Å². The lowest BCUT2D eigenvalue weighted by Gasteiger charge is -2.06. The first-order valence-corrected chi connectivity index (χ1v) is 5.71. The summed E-state index contributed by atoms with van der Waals surface area (Å²) >= 11 is 0. The lowest BCUT2D eigenvalue weighted by atomic mass is 10.3. The number of benzene rings is 1. The van der Waals surface area contributed by atoms with Crippen molar-refractivity contribution in [2.75, 3.05) is 19.7 Å². The molecule has 2 nitrogen and oxygen atoms in total. The van der Waals surface area contributed by atoms with E-state index in [0.717, 1.165) is 38.3 Å². The first-order valence-electron chi connectivity index (χ1n) is 5.71. The highest BCUT2D eigenvalue weighted by atomic mass is 16.5. The van der Waals surface area contributed by atoms with E-state index < -0.39 is 0 Å². The fraction of sp³-hybridized carbons (Fsp3) is 0.429. The van der Waals surface area contributed by atoms with Gasteiger partial charge in [-0.3, -0.25) is 0 Å². The lowest BCUT2D eigenvalue weighted by Crippen LogP contribution is -2.18. The van der Waals surface area contributed by atoms with Crippen LogP contribution in [-0.4, -0.2) is 19.7 Å². The molecule has 1 aromatic rings. The second-order valence-electron chi connectivity index (χ2n) is 3.44. The van der Waals surface area contributed by atoms with Crippen LogP contribution in [0.3, 0.4) is 0 Å². The molecule has 0 radical (unpaired) electrons. The highest BCUT2D eigenvalue weighted by molar-refractivity contribution is 5.20. The van der Waals surface area contributed by atoms with E-state index in [2.05, 4.69) is 17.2 Å². The van der Waals surface area contributed by atoms with Crippen molar-refractivity contribution in [3.05, 3.63) is 30.3 Å². The summed E-state index contributed by atoms with van der Waals surface area (Å²) in [6, 6.07) is 9.91. The zero-order valence-electron chi connectivity index (χ0n) is 9.83. The fourth-order valence-corrected chi connectivity index (χ4v) is 1.30. The van der Waals surface area contributed by atoms with Gasteiger partial charge in [-0.05, 0) is 32.0 Å². The molecule has 0 unspecified atom stereocenters. The second kappa shape index (κ2) is 8.82. The van der Waals surface area contributed by atoms with Crippen LogP contribution in [0.15, 0.2) is 30.3 Å². The molecule has 0 aliphatic heterocycles. The van der Waals surface area contributed by atoms with Crippen LogP contribution in [0.4, 0.5) is 0 Å². The van der Waals surface area contributed by atoms with E-state index >= 15 is 0 Å². The van der Waals surface area contributed by atoms with E-state index in [1.54, 1.807) is 0 Å². The molecule has 0 heterocycles. The van der Waals surface area contributed by atoms with Crippen molar-refractivity contribution < 1.29 is 4.74 Å². The smallest absolute Gasteiger partial charge is 0.119 e. The van der Waals surface area contributed by atoms with Crippen molar-refractivity contribution in [2.45, 2.75) is 19.8 Å². The molecule has 86 valence electrons. The fourth-order valence-electron chi connectivity index (χ4n) is 1.30. The molecule has 0 bridgehead atoms. The van der Waals surface area contributed by atoms with Crippen LogP contribution in [0.1, 0.15) is 19.8 Å². The van der Waals surface area contributed by atoms with Crippen LogP contribution >= 0.6 is 0 Å². The molecule has 1 rings (SSSR count). The molecular formula is C14H19NO. The maximum atomic E-state index is 5.57. The zero-order valence-corrected chi connectivity index (χ0v) is 9.83. The van der Waals surface area contributed by atoms with Crippen molar-refractivity contribution in [1.82, 2.24) is 5.32 Å². The normalized spacial score (nSPS) is 9.31. The summed E-state index contributed by atoms with van der Waals surface area (Å²) in [6.07, 6.45) is 1.95. The Morgan fingerprint density at radius 2 is 2.00 bits per heavy atom. The van der Waals surface area contributed by atoms with Crippen molar-refractivity contribution >= 4 is 0 Å². The molecule has 1 N–H and O–H groups in total. The second-order valence-corrected chi connectivity index (χ2v) is 3.44. The van der Waals surface area contributed by atoms with Gasteiger partial charge in [-0.2, -0.15) is 0 Å². The number of hydrogen-bond acceptors (Lipinski definition) is 2. The predicted octanol–water partition coefficient (Wildman–Crippen LogP) is 2.46. The van der Waals surface area contributed by atoms with Gasteiger partial charge in [0.05, 0.1) is 6.61 Å². The molecule has 1 aromatic carbocycles. The summed E-state index contributed by atoms with van der Waals surface area (Å²) in [6.45, 7) is 4.58. The molecule has 0 spiro atoms. The largest absolute Gasteiger partial charge is 0.494 e. The van der Waals surface area contributed by atoms with Gasteiger partial charge in [-0.1, -0.05) is 18.2 Å². The lowest BCUT2D eigenvalue weighted by molar-refractivity contribution is 0.308. The van der Waals surface area contributed by atoms with Crippen LogP contribution in [-0.2, 0) is 0 Å². The number of para-hydroxylation sites is 1. The highest BCUT2D eigenvalue weighted by Gasteiger charge is 1.91. The average molecular weight is 217 g/mol. The third kappa shape index (κ3) is 6.10. The van der Waals surface area contributed by atoms with Crippen molar-refractivity contribution in [3.63, 3.8) is 0 Å². The van der Waals surface area contributed by atoms with E-state index in [9.17, 15) is 0 Å². The Morgan fingerprint density at radius 3 is 2.75 bits per heavy atom. The summed E-state index contributed by atoms with van der Waals surface area (Å²) in [7, 11) is 0. The third-order valence-corrected chi connectivity index (χ3v) is 2.11. The molecule has 0 saturated carbocycles. The number of hydrogen-bond donors (Lipinski definition) is 1. The van der Waals surface area contributed by atoms with E-state index in [1.807, 2.05) is 37.3 Å². The molecule has 0 fully saturated rings. The molecule has 0 aliphatic carbocycles. The Hall–Kier alpha value is -1.46. The summed E-state index contributed by atoms with van der Waals surface area (Å²) < 4.78 is 5.57. The Morgan fingerprint density at radius 1 is 1.19 bits per heavy atom. The predicted molar refractivity (Wildman–Crippen MR) is 67.5 cm³/mol. The minimum Gasteiger partial charge on any atom is -0.494 e. The first kappa shape index (κ1) is 12.6. The molecular weight excluding hydrogens is 198 g/mol. The number of nitrogens with one attached hydrogen (secondary N) is 1. The zero-order chi connectivity index (χ0) is 11.5. The van der Waals surface area contributed by atoms with Gasteiger partial charge in [0.15, 0.2) is 0 Å². The van der Waals surface area contributed by atoms with E-state index in [4.69, 9.17) is 4.74 Å². The average Bonchev–Trinajstić information content (AvgIpc) is 2.34. The van der Waals surface area contributed by atoms with Gasteiger partial charge in [0, 0.05) is 13.0 Å². The highest BCUT2D eigenvalue weighted by Crippen LogP contribution is 2.07. The molecule has 0 aliphatic rings. The maximum Gasteiger partial charge on any atom is 0.119 e. The Kier molecular flexibility index (Phi) is 6.95. The van der Waals surface area contributed by atoms with Gasteiger partial charge < -0.3 is 10.1 Å². The van der Waals surface area contributed by atoms with Crippen LogP contribution in [0.2, 0.25) is 0 Å². The molecule has 0 saturated heterocycles. The van der Waals surface area contributed by atoms with Gasteiger partial charge >= 0.3 is 0 Å². The SMILES string of the molecule is CC#CCCNCCCOc1ccccc1. The summed E-state index contributed by atoms with van der Waals surface area (Å²) in [5.41, 5.74) is 0. The van der Waals surface area contributed by atoms with Crippen molar-refractivity contribution in [2.24, 2.45) is 0 Å². The van der Waals surface area contributed by atoms with E-state index in [-0.39, 0.29) is 0 Å². The monoisotopic (exact) mass is 217 g/mol. The maximum absolute atomic E-state index is 5.57. The summed E-state index contributed by atoms with van der Waals surface area (Å²) in [5, 5.41) is 3.32. The molecule has 16 heavy (non-hydrogen) atoms. The van der Waals surface area contributed by atoms with Crippen LogP contribution in [0, 0.1) is 11.8 Å². The Balaban J connectivity index is 1.94.